The Labute approximate surface area is 148 Å². The van der Waals surface area contributed by atoms with Gasteiger partial charge < -0.3 is 15.5 Å². The third kappa shape index (κ3) is 5.55. The lowest BCUT2D eigenvalue weighted by atomic mass is 9.81. The normalized spacial score (nSPS) is 23.8. The Bertz CT molecular complexity index is 335. The first-order valence-electron chi connectivity index (χ1n) is 8.32. The molecular formula is C16H33Cl2N3O. The maximum absolute atomic E-state index is 12.7. The Balaban J connectivity index is 0.00000220. The number of rotatable bonds is 5. The van der Waals surface area contributed by atoms with Gasteiger partial charge in [-0.05, 0) is 45.2 Å². The summed E-state index contributed by atoms with van der Waals surface area (Å²) in [6.45, 7) is 6.27. The van der Waals surface area contributed by atoms with Gasteiger partial charge in [-0.15, -0.1) is 24.8 Å². The largest absolute Gasteiger partial charge is 0.341 e. The van der Waals surface area contributed by atoms with Gasteiger partial charge in [0.2, 0.25) is 5.91 Å². The van der Waals surface area contributed by atoms with Crippen molar-refractivity contribution in [3.63, 3.8) is 0 Å². The summed E-state index contributed by atoms with van der Waals surface area (Å²) in [5.74, 6) is 0.848. The van der Waals surface area contributed by atoms with Gasteiger partial charge >= 0.3 is 0 Å². The number of nitrogens with zero attached hydrogens (tertiary/aromatic N) is 2. The fourth-order valence-electron chi connectivity index (χ4n) is 3.79. The van der Waals surface area contributed by atoms with Crippen molar-refractivity contribution in [2.75, 3.05) is 33.2 Å². The van der Waals surface area contributed by atoms with Crippen LogP contribution in [0.2, 0.25) is 0 Å². The molecule has 6 heteroatoms. The molecule has 1 aliphatic carbocycles. The fourth-order valence-corrected chi connectivity index (χ4v) is 3.79. The maximum Gasteiger partial charge on any atom is 0.242 e. The first kappa shape index (κ1) is 22.0. The molecule has 132 valence electrons. The van der Waals surface area contributed by atoms with Crippen LogP contribution in [-0.4, -0.2) is 54.5 Å². The highest BCUT2D eigenvalue weighted by atomic mass is 35.5. The molecule has 0 spiro atoms. The van der Waals surface area contributed by atoms with E-state index in [1.807, 2.05) is 4.90 Å². The van der Waals surface area contributed by atoms with Gasteiger partial charge in [-0.1, -0.05) is 26.2 Å². The molecule has 4 nitrogen and oxygen atoms in total. The van der Waals surface area contributed by atoms with Crippen LogP contribution < -0.4 is 5.73 Å². The number of carbonyl (C=O) groups is 1. The molecule has 0 aromatic carbocycles. The van der Waals surface area contributed by atoms with E-state index in [2.05, 4.69) is 18.9 Å². The van der Waals surface area contributed by atoms with Crippen molar-refractivity contribution in [1.82, 2.24) is 9.80 Å². The van der Waals surface area contributed by atoms with E-state index in [0.29, 0.717) is 5.92 Å². The van der Waals surface area contributed by atoms with E-state index in [4.69, 9.17) is 5.73 Å². The molecule has 2 N–H and O–H groups in total. The van der Waals surface area contributed by atoms with Crippen molar-refractivity contribution >= 4 is 30.7 Å². The van der Waals surface area contributed by atoms with Crippen LogP contribution in [0.25, 0.3) is 0 Å². The number of carbonyl (C=O) groups excluding carboxylic acids is 1. The average molecular weight is 354 g/mol. The molecule has 0 aromatic heterocycles. The van der Waals surface area contributed by atoms with Crippen molar-refractivity contribution in [2.24, 2.45) is 11.7 Å². The van der Waals surface area contributed by atoms with E-state index in [0.717, 1.165) is 58.3 Å². The summed E-state index contributed by atoms with van der Waals surface area (Å²) in [6, 6.07) is 0. The van der Waals surface area contributed by atoms with Gasteiger partial charge in [0, 0.05) is 19.6 Å². The highest BCUT2D eigenvalue weighted by Gasteiger charge is 2.40. The van der Waals surface area contributed by atoms with E-state index in [1.165, 1.54) is 12.8 Å². The zero-order valence-electron chi connectivity index (χ0n) is 14.1. The molecule has 1 atom stereocenters. The number of likely N-dealkylation sites (tertiary alicyclic amines) is 1. The average Bonchev–Trinajstić information content (AvgIpc) is 2.87. The van der Waals surface area contributed by atoms with Crippen molar-refractivity contribution in [1.29, 1.82) is 0 Å². The van der Waals surface area contributed by atoms with Crippen LogP contribution in [0.4, 0.5) is 0 Å². The van der Waals surface area contributed by atoms with Crippen molar-refractivity contribution in [2.45, 2.75) is 57.4 Å². The zero-order chi connectivity index (χ0) is 14.6. The summed E-state index contributed by atoms with van der Waals surface area (Å²) in [5, 5.41) is 0. The molecule has 2 rings (SSSR count). The topological polar surface area (TPSA) is 49.6 Å². The number of amides is 1. The van der Waals surface area contributed by atoms with E-state index in [1.54, 1.807) is 0 Å². The molecule has 1 heterocycles. The zero-order valence-corrected chi connectivity index (χ0v) is 15.7. The molecule has 0 aromatic rings. The number of hydrogen-bond acceptors (Lipinski definition) is 3. The molecule has 2 fully saturated rings. The Kier molecular flexibility index (Phi) is 9.95. The highest BCUT2D eigenvalue weighted by Crippen LogP contribution is 2.29. The molecule has 1 aliphatic heterocycles. The summed E-state index contributed by atoms with van der Waals surface area (Å²) in [4.78, 5) is 17.1. The van der Waals surface area contributed by atoms with Crippen LogP contribution in [-0.2, 0) is 4.79 Å². The van der Waals surface area contributed by atoms with Gasteiger partial charge in [0.25, 0.3) is 0 Å². The highest BCUT2D eigenvalue weighted by molar-refractivity contribution is 5.86. The number of hydrogen-bond donors (Lipinski definition) is 1. The van der Waals surface area contributed by atoms with Gasteiger partial charge in [-0.25, -0.2) is 0 Å². The molecular weight excluding hydrogens is 321 g/mol. The third-order valence-corrected chi connectivity index (χ3v) is 4.92. The quantitative estimate of drug-likeness (QED) is 0.826. The minimum absolute atomic E-state index is 0. The fraction of sp³-hybridized carbons (Fsp3) is 0.938. The summed E-state index contributed by atoms with van der Waals surface area (Å²) in [7, 11) is 2.18. The molecule has 1 saturated heterocycles. The predicted molar refractivity (Wildman–Crippen MR) is 97.0 cm³/mol. The summed E-state index contributed by atoms with van der Waals surface area (Å²) < 4.78 is 0. The summed E-state index contributed by atoms with van der Waals surface area (Å²) >= 11 is 0. The lowest BCUT2D eigenvalue weighted by Crippen LogP contribution is -2.55. The second-order valence-electron chi connectivity index (χ2n) is 6.88. The molecule has 0 bridgehead atoms. The second-order valence-corrected chi connectivity index (χ2v) is 6.88. The maximum atomic E-state index is 12.7. The smallest absolute Gasteiger partial charge is 0.242 e. The molecule has 1 amide bonds. The van der Waals surface area contributed by atoms with Gasteiger partial charge in [0.1, 0.15) is 0 Å². The van der Waals surface area contributed by atoms with E-state index < -0.39 is 5.54 Å². The van der Waals surface area contributed by atoms with Crippen LogP contribution in [0.5, 0.6) is 0 Å². The van der Waals surface area contributed by atoms with E-state index in [9.17, 15) is 4.79 Å². The number of halogens is 2. The van der Waals surface area contributed by atoms with Gasteiger partial charge in [0.15, 0.2) is 0 Å². The summed E-state index contributed by atoms with van der Waals surface area (Å²) in [6.07, 6.45) is 7.54. The molecule has 1 saturated carbocycles. The van der Waals surface area contributed by atoms with Crippen LogP contribution >= 0.6 is 24.8 Å². The van der Waals surface area contributed by atoms with E-state index in [-0.39, 0.29) is 30.7 Å². The Morgan fingerprint density at radius 3 is 2.50 bits per heavy atom. The minimum Gasteiger partial charge on any atom is -0.341 e. The SMILES string of the molecule is CCCN(C)CC1CCN(C(=O)C2(N)CCCCC2)C1.Cl.Cl. The van der Waals surface area contributed by atoms with E-state index >= 15 is 0 Å². The molecule has 0 radical (unpaired) electrons. The first-order chi connectivity index (χ1) is 9.55. The number of nitrogens with two attached hydrogens (primary N) is 1. The van der Waals surface area contributed by atoms with Gasteiger partial charge in [-0.2, -0.15) is 0 Å². The van der Waals surface area contributed by atoms with Crippen LogP contribution in [0.3, 0.4) is 0 Å². The monoisotopic (exact) mass is 353 g/mol. The third-order valence-electron chi connectivity index (χ3n) is 4.92. The molecule has 1 unspecified atom stereocenters. The Morgan fingerprint density at radius 1 is 1.27 bits per heavy atom. The van der Waals surface area contributed by atoms with Gasteiger partial charge in [0.05, 0.1) is 5.54 Å². The van der Waals surface area contributed by atoms with Gasteiger partial charge in [-0.3, -0.25) is 4.79 Å². The lowest BCUT2D eigenvalue weighted by Gasteiger charge is -2.35. The van der Waals surface area contributed by atoms with Crippen molar-refractivity contribution in [3.8, 4) is 0 Å². The lowest BCUT2D eigenvalue weighted by molar-refractivity contribution is -0.137. The van der Waals surface area contributed by atoms with Crippen LogP contribution in [0, 0.1) is 5.92 Å². The Hall–Kier alpha value is -0.0300. The standard InChI is InChI=1S/C16H31N3O.2ClH/c1-3-10-18(2)12-14-7-11-19(13-14)15(20)16(17)8-5-4-6-9-16;;/h14H,3-13,17H2,1-2H3;2*1H. The summed E-state index contributed by atoms with van der Waals surface area (Å²) in [5.41, 5.74) is 5.82. The predicted octanol–water partition coefficient (Wildman–Crippen LogP) is 2.68. The molecule has 2 aliphatic rings. The Morgan fingerprint density at radius 2 is 1.91 bits per heavy atom. The first-order valence-corrected chi connectivity index (χ1v) is 8.32. The van der Waals surface area contributed by atoms with Crippen molar-refractivity contribution in [3.05, 3.63) is 0 Å². The van der Waals surface area contributed by atoms with Crippen LogP contribution in [0.1, 0.15) is 51.9 Å². The minimum atomic E-state index is -0.553. The second kappa shape index (κ2) is 9.96. The van der Waals surface area contributed by atoms with Crippen molar-refractivity contribution < 1.29 is 4.79 Å². The molecule has 22 heavy (non-hydrogen) atoms. The van der Waals surface area contributed by atoms with Crippen LogP contribution in [0.15, 0.2) is 0 Å².